The van der Waals surface area contributed by atoms with Gasteiger partial charge in [-0.3, -0.25) is 19.8 Å². The third kappa shape index (κ3) is 5.85. The Bertz CT molecular complexity index is 739. The number of likely N-dealkylation sites (tertiary alicyclic amines) is 1. The van der Waals surface area contributed by atoms with Crippen LogP contribution in [0.2, 0.25) is 0 Å². The lowest BCUT2D eigenvalue weighted by Gasteiger charge is -2.32. The van der Waals surface area contributed by atoms with Gasteiger partial charge in [-0.15, -0.1) is 0 Å². The van der Waals surface area contributed by atoms with E-state index in [0.29, 0.717) is 42.7 Å². The third-order valence-electron chi connectivity index (χ3n) is 4.82. The molecule has 2 aliphatic heterocycles. The van der Waals surface area contributed by atoms with Crippen molar-refractivity contribution in [2.45, 2.75) is 25.7 Å². The first-order chi connectivity index (χ1) is 13.5. The predicted octanol–water partition coefficient (Wildman–Crippen LogP) is 1.08. The Morgan fingerprint density at radius 1 is 1.18 bits per heavy atom. The number of piperidine rings is 1. The van der Waals surface area contributed by atoms with E-state index in [1.165, 1.54) is 0 Å². The van der Waals surface area contributed by atoms with E-state index in [2.05, 4.69) is 10.6 Å². The van der Waals surface area contributed by atoms with Crippen molar-refractivity contribution in [3.8, 4) is 11.5 Å². The topological polar surface area (TPSA) is 123 Å². The van der Waals surface area contributed by atoms with Gasteiger partial charge in [0.05, 0.1) is 6.54 Å². The number of anilines is 1. The van der Waals surface area contributed by atoms with Crippen LogP contribution in [0, 0.1) is 5.92 Å². The highest BCUT2D eigenvalue weighted by atomic mass is 16.6. The number of carbonyl (C=O) groups is 3. The first kappa shape index (κ1) is 19.9. The van der Waals surface area contributed by atoms with Crippen LogP contribution in [0.25, 0.3) is 0 Å². The maximum absolute atomic E-state index is 12.2. The molecular formula is C19H26N4O5. The average molecular weight is 390 g/mol. The van der Waals surface area contributed by atoms with E-state index in [1.807, 2.05) is 4.90 Å². The van der Waals surface area contributed by atoms with E-state index < -0.39 is 6.03 Å². The molecule has 0 bridgehead atoms. The normalized spacial score (nSPS) is 18.9. The Labute approximate surface area is 163 Å². The molecule has 28 heavy (non-hydrogen) atoms. The van der Waals surface area contributed by atoms with Crippen LogP contribution in [0.15, 0.2) is 18.2 Å². The molecule has 0 aromatic heterocycles. The van der Waals surface area contributed by atoms with E-state index in [1.54, 1.807) is 18.2 Å². The first-order valence-electron chi connectivity index (χ1n) is 9.51. The smallest absolute Gasteiger partial charge is 0.325 e. The van der Waals surface area contributed by atoms with Gasteiger partial charge in [0.1, 0.15) is 13.2 Å². The van der Waals surface area contributed by atoms with Gasteiger partial charge in [-0.1, -0.05) is 0 Å². The number of rotatable bonds is 6. The third-order valence-corrected chi connectivity index (χ3v) is 4.82. The van der Waals surface area contributed by atoms with Crippen LogP contribution < -0.4 is 25.8 Å². The van der Waals surface area contributed by atoms with Gasteiger partial charge in [-0.2, -0.15) is 0 Å². The fourth-order valence-corrected chi connectivity index (χ4v) is 3.53. The Balaban J connectivity index is 1.44. The molecule has 1 saturated heterocycles. The molecule has 0 radical (unpaired) electrons. The molecule has 152 valence electrons. The second-order valence-corrected chi connectivity index (χ2v) is 7.11. The summed E-state index contributed by atoms with van der Waals surface area (Å²) < 4.78 is 10.9. The van der Waals surface area contributed by atoms with Gasteiger partial charge in [0, 0.05) is 24.7 Å². The zero-order valence-corrected chi connectivity index (χ0v) is 15.7. The van der Waals surface area contributed by atoms with E-state index in [0.717, 1.165) is 32.4 Å². The summed E-state index contributed by atoms with van der Waals surface area (Å²) in [5.74, 6) is 0.867. The molecule has 1 aromatic carbocycles. The summed E-state index contributed by atoms with van der Waals surface area (Å²) in [6.07, 6.45) is 3.08. The fraction of sp³-hybridized carbons (Fsp3) is 0.526. The largest absolute Gasteiger partial charge is 0.486 e. The number of nitrogens with two attached hydrogens (primary N) is 1. The molecule has 1 fully saturated rings. The van der Waals surface area contributed by atoms with Crippen LogP contribution in [0.4, 0.5) is 10.5 Å². The minimum absolute atomic E-state index is 0.141. The minimum atomic E-state index is -0.594. The molecule has 4 amide bonds. The number of hydrogen-bond donors (Lipinski definition) is 3. The number of benzene rings is 1. The van der Waals surface area contributed by atoms with Gasteiger partial charge >= 0.3 is 6.03 Å². The Hall–Kier alpha value is -2.81. The number of ether oxygens (including phenoxy) is 2. The lowest BCUT2D eigenvalue weighted by Crippen LogP contribution is -2.45. The van der Waals surface area contributed by atoms with Gasteiger partial charge in [-0.25, -0.2) is 4.79 Å². The number of nitrogens with zero attached hydrogens (tertiary/aromatic N) is 1. The molecule has 9 nitrogen and oxygen atoms in total. The number of carbonyl (C=O) groups excluding carboxylic acids is 3. The molecular weight excluding hydrogens is 364 g/mol. The maximum Gasteiger partial charge on any atom is 0.325 e. The zero-order chi connectivity index (χ0) is 19.9. The first-order valence-corrected chi connectivity index (χ1v) is 9.51. The highest BCUT2D eigenvalue weighted by molar-refractivity contribution is 6.01. The van der Waals surface area contributed by atoms with Crippen LogP contribution in [0.5, 0.6) is 11.5 Å². The zero-order valence-electron chi connectivity index (χ0n) is 15.7. The molecule has 4 N–H and O–H groups in total. The highest BCUT2D eigenvalue weighted by Gasteiger charge is 2.22. The second kappa shape index (κ2) is 9.41. The molecule has 2 aliphatic rings. The Morgan fingerprint density at radius 3 is 2.75 bits per heavy atom. The Kier molecular flexibility index (Phi) is 6.70. The highest BCUT2D eigenvalue weighted by Crippen LogP contribution is 2.32. The van der Waals surface area contributed by atoms with Crippen molar-refractivity contribution in [3.63, 3.8) is 0 Å². The average Bonchev–Trinajstić information content (AvgIpc) is 2.66. The van der Waals surface area contributed by atoms with Crippen molar-refractivity contribution in [1.82, 2.24) is 10.2 Å². The van der Waals surface area contributed by atoms with Crippen LogP contribution in [0.1, 0.15) is 25.7 Å². The van der Waals surface area contributed by atoms with Crippen LogP contribution in [0.3, 0.4) is 0 Å². The lowest BCUT2D eigenvalue weighted by molar-refractivity contribution is -0.122. The van der Waals surface area contributed by atoms with Gasteiger partial charge < -0.3 is 20.5 Å². The minimum Gasteiger partial charge on any atom is -0.486 e. The quantitative estimate of drug-likeness (QED) is 0.668. The maximum atomic E-state index is 12.2. The van der Waals surface area contributed by atoms with E-state index in [9.17, 15) is 14.4 Å². The second-order valence-electron chi connectivity index (χ2n) is 7.11. The van der Waals surface area contributed by atoms with Gasteiger partial charge in [0.25, 0.3) is 0 Å². The Morgan fingerprint density at radius 2 is 1.96 bits per heavy atom. The van der Waals surface area contributed by atoms with Crippen LogP contribution in [-0.2, 0) is 9.59 Å². The summed E-state index contributed by atoms with van der Waals surface area (Å²) in [4.78, 5) is 37.2. The predicted molar refractivity (Wildman–Crippen MR) is 102 cm³/mol. The summed E-state index contributed by atoms with van der Waals surface area (Å²) in [7, 11) is 0. The van der Waals surface area contributed by atoms with Gasteiger partial charge in [-0.05, 0) is 43.9 Å². The molecule has 2 heterocycles. The fourth-order valence-electron chi connectivity index (χ4n) is 3.53. The molecule has 1 unspecified atom stereocenters. The van der Waals surface area contributed by atoms with E-state index in [4.69, 9.17) is 15.2 Å². The summed E-state index contributed by atoms with van der Waals surface area (Å²) in [6, 6.07) is 4.47. The summed E-state index contributed by atoms with van der Waals surface area (Å²) >= 11 is 0. The standard InChI is InChI=1S/C19H26N4O5/c20-17(24)6-3-13-2-1-7-23(11-13)12-18(25)22-19(26)21-14-4-5-15-16(10-14)28-9-8-27-15/h4-5,10,13H,1-3,6-9,11-12H2,(H2,20,24)(H2,21,22,25,26). The number of amides is 4. The summed E-state index contributed by atoms with van der Waals surface area (Å²) in [5, 5.41) is 4.97. The van der Waals surface area contributed by atoms with Crippen molar-refractivity contribution < 1.29 is 23.9 Å². The van der Waals surface area contributed by atoms with Crippen molar-refractivity contribution in [1.29, 1.82) is 0 Å². The molecule has 0 saturated carbocycles. The number of fused-ring (bicyclic) bond motifs is 1. The number of hydrogen-bond acceptors (Lipinski definition) is 6. The molecule has 3 rings (SSSR count). The van der Waals surface area contributed by atoms with Crippen LogP contribution >= 0.6 is 0 Å². The van der Waals surface area contributed by atoms with Gasteiger partial charge in [0.2, 0.25) is 11.8 Å². The number of urea groups is 1. The van der Waals surface area contributed by atoms with Crippen molar-refractivity contribution >= 4 is 23.5 Å². The number of nitrogens with one attached hydrogen (secondary N) is 2. The van der Waals surface area contributed by atoms with Crippen molar-refractivity contribution in [2.75, 3.05) is 38.2 Å². The van der Waals surface area contributed by atoms with Crippen molar-refractivity contribution in [3.05, 3.63) is 18.2 Å². The van der Waals surface area contributed by atoms with Gasteiger partial charge in [0.15, 0.2) is 11.5 Å². The summed E-state index contributed by atoms with van der Waals surface area (Å²) in [6.45, 7) is 2.61. The lowest BCUT2D eigenvalue weighted by atomic mass is 9.93. The molecule has 0 spiro atoms. The molecule has 1 aromatic rings. The monoisotopic (exact) mass is 390 g/mol. The van der Waals surface area contributed by atoms with E-state index in [-0.39, 0.29) is 18.4 Å². The van der Waals surface area contributed by atoms with Crippen LogP contribution in [-0.4, -0.2) is 55.6 Å². The summed E-state index contributed by atoms with van der Waals surface area (Å²) in [5.41, 5.74) is 5.72. The SMILES string of the molecule is NC(=O)CCC1CCCN(CC(=O)NC(=O)Nc2ccc3c(c2)OCCO3)C1. The molecule has 9 heteroatoms. The molecule has 1 atom stereocenters. The van der Waals surface area contributed by atoms with E-state index >= 15 is 0 Å². The molecule has 0 aliphatic carbocycles. The van der Waals surface area contributed by atoms with Crippen molar-refractivity contribution in [2.24, 2.45) is 11.7 Å². The number of imide groups is 1. The number of primary amides is 1.